The second-order valence-corrected chi connectivity index (χ2v) is 3.91. The molecule has 3 heteroatoms. The molecular formula is C15H14N2O. The number of hydrogen-bond acceptors (Lipinski definition) is 2. The summed E-state index contributed by atoms with van der Waals surface area (Å²) in [7, 11) is 0. The predicted octanol–water partition coefficient (Wildman–Crippen LogP) is 1.05. The maximum absolute atomic E-state index is 11.6. The van der Waals surface area contributed by atoms with Crippen molar-refractivity contribution in [3.05, 3.63) is 69.3 Å². The Morgan fingerprint density at radius 1 is 1.17 bits per heavy atom. The molecule has 0 bridgehead atoms. The quantitative estimate of drug-likeness (QED) is 0.794. The number of nitrogens with one attached hydrogen (secondary N) is 1. The molecule has 0 saturated carbocycles. The van der Waals surface area contributed by atoms with Crippen LogP contribution in [-0.2, 0) is 0 Å². The van der Waals surface area contributed by atoms with Crippen LogP contribution >= 0.6 is 0 Å². The van der Waals surface area contributed by atoms with Crippen LogP contribution in [0.15, 0.2) is 47.3 Å². The van der Waals surface area contributed by atoms with E-state index in [0.29, 0.717) is 16.4 Å². The molecule has 3 nitrogen and oxygen atoms in total. The van der Waals surface area contributed by atoms with Crippen molar-refractivity contribution < 1.29 is 0 Å². The van der Waals surface area contributed by atoms with Crippen LogP contribution in [0.2, 0.25) is 0 Å². The van der Waals surface area contributed by atoms with E-state index in [1.165, 1.54) is 0 Å². The van der Waals surface area contributed by atoms with E-state index < -0.39 is 0 Å². The average Bonchev–Trinajstić information content (AvgIpc) is 2.48. The van der Waals surface area contributed by atoms with Gasteiger partial charge in [-0.3, -0.25) is 4.79 Å². The summed E-state index contributed by atoms with van der Waals surface area (Å²) < 4.78 is 0. The number of nitrogens with zero attached hydrogens (tertiary/aromatic N) is 1. The normalized spacial score (nSPS) is 23.0. The fourth-order valence-corrected chi connectivity index (χ4v) is 1.56. The summed E-state index contributed by atoms with van der Waals surface area (Å²) in [6.07, 6.45) is 14.5. The van der Waals surface area contributed by atoms with Gasteiger partial charge >= 0.3 is 0 Å². The Bertz CT molecular complexity index is 684. The van der Waals surface area contributed by atoms with E-state index in [2.05, 4.69) is 23.1 Å². The van der Waals surface area contributed by atoms with Gasteiger partial charge in [0.1, 0.15) is 5.82 Å². The van der Waals surface area contributed by atoms with Gasteiger partial charge in [-0.15, -0.1) is 0 Å². The minimum Gasteiger partial charge on any atom is -0.306 e. The number of hydrogen-bond donors (Lipinski definition) is 1. The van der Waals surface area contributed by atoms with E-state index in [0.717, 1.165) is 12.0 Å². The van der Waals surface area contributed by atoms with E-state index in [1.54, 1.807) is 0 Å². The standard InChI is InChI=1S/C15H14N2O/c1-11-12(2)16-14(17-15(11)18)13-9-7-5-3-4-6-8-10-13/h3-7,9-10H,1-2,8H2,(H,16,17,18)/b5-3-,6-4-,9-7-,13-10+. The van der Waals surface area contributed by atoms with Crippen LogP contribution in [0, 0.1) is 0 Å². The zero-order chi connectivity index (χ0) is 13.0. The highest BCUT2D eigenvalue weighted by Gasteiger charge is 2.02. The zero-order valence-corrected chi connectivity index (χ0v) is 10.0. The molecule has 2 rings (SSSR count). The maximum atomic E-state index is 11.6. The Morgan fingerprint density at radius 2 is 1.94 bits per heavy atom. The van der Waals surface area contributed by atoms with E-state index in [1.807, 2.05) is 42.5 Å². The van der Waals surface area contributed by atoms with Crippen molar-refractivity contribution in [1.82, 2.24) is 9.97 Å². The molecule has 18 heavy (non-hydrogen) atoms. The van der Waals surface area contributed by atoms with Gasteiger partial charge in [-0.25, -0.2) is 4.98 Å². The molecule has 0 aliphatic heterocycles. The van der Waals surface area contributed by atoms with E-state index in [4.69, 9.17) is 0 Å². The Kier molecular flexibility index (Phi) is 3.53. The predicted molar refractivity (Wildman–Crippen MR) is 75.2 cm³/mol. The maximum Gasteiger partial charge on any atom is 0.258 e. The van der Waals surface area contributed by atoms with E-state index in [-0.39, 0.29) is 5.56 Å². The van der Waals surface area contributed by atoms with Crippen molar-refractivity contribution in [1.29, 1.82) is 0 Å². The topological polar surface area (TPSA) is 45.8 Å². The summed E-state index contributed by atoms with van der Waals surface area (Å²) in [5.41, 5.74) is 0.624. The van der Waals surface area contributed by atoms with Gasteiger partial charge in [0.2, 0.25) is 0 Å². The van der Waals surface area contributed by atoms with Gasteiger partial charge in [0.25, 0.3) is 5.56 Å². The van der Waals surface area contributed by atoms with Crippen molar-refractivity contribution in [3.8, 4) is 0 Å². The molecule has 1 heterocycles. The number of aromatic nitrogens is 2. The van der Waals surface area contributed by atoms with E-state index >= 15 is 0 Å². The first-order valence-corrected chi connectivity index (χ1v) is 5.67. The fraction of sp³-hybridized carbons (Fsp3) is 0.0667. The molecule has 0 unspecified atom stereocenters. The third kappa shape index (κ3) is 2.63. The zero-order valence-electron chi connectivity index (χ0n) is 10.0. The molecular weight excluding hydrogens is 224 g/mol. The summed E-state index contributed by atoms with van der Waals surface area (Å²) in [5.74, 6) is 0.525. The van der Waals surface area contributed by atoms with Crippen molar-refractivity contribution in [2.75, 3.05) is 0 Å². The fourth-order valence-electron chi connectivity index (χ4n) is 1.56. The molecule has 0 radical (unpaired) electrons. The SMILES string of the molecule is C=c1nc(C2=C\C\C=C/C=C\C=C/2)[nH]c(=O)c1=C. The molecule has 1 aliphatic rings. The molecule has 1 aliphatic carbocycles. The monoisotopic (exact) mass is 238 g/mol. The minimum atomic E-state index is -0.245. The van der Waals surface area contributed by atoms with Gasteiger partial charge in [-0.1, -0.05) is 55.7 Å². The smallest absolute Gasteiger partial charge is 0.258 e. The second-order valence-electron chi connectivity index (χ2n) is 3.91. The summed E-state index contributed by atoms with van der Waals surface area (Å²) in [4.78, 5) is 18.6. The second kappa shape index (κ2) is 5.27. The molecule has 0 amide bonds. The Hall–Kier alpha value is -2.42. The van der Waals surface area contributed by atoms with Gasteiger partial charge < -0.3 is 4.98 Å². The molecule has 0 fully saturated rings. The van der Waals surface area contributed by atoms with Crippen LogP contribution in [0.1, 0.15) is 12.2 Å². The number of rotatable bonds is 1. The Balaban J connectivity index is 2.54. The number of aromatic amines is 1. The summed E-state index contributed by atoms with van der Waals surface area (Å²) in [5, 5.41) is 0.722. The first kappa shape index (κ1) is 12.0. The molecule has 1 aromatic heterocycles. The lowest BCUT2D eigenvalue weighted by Crippen LogP contribution is -2.41. The molecule has 0 spiro atoms. The number of allylic oxidation sites excluding steroid dienone is 8. The molecule has 0 saturated heterocycles. The molecule has 1 aromatic rings. The lowest BCUT2D eigenvalue weighted by molar-refractivity contribution is 1.02. The summed E-state index contributed by atoms with van der Waals surface area (Å²) in [6, 6.07) is 0. The minimum absolute atomic E-state index is 0.245. The first-order chi connectivity index (χ1) is 8.68. The van der Waals surface area contributed by atoms with Crippen molar-refractivity contribution >= 4 is 18.7 Å². The Labute approximate surface area is 105 Å². The first-order valence-electron chi connectivity index (χ1n) is 5.67. The lowest BCUT2D eigenvalue weighted by Gasteiger charge is -2.01. The third-order valence-corrected chi connectivity index (χ3v) is 2.59. The van der Waals surface area contributed by atoms with Gasteiger partial charge in [-0.05, 0) is 6.42 Å². The highest BCUT2D eigenvalue weighted by Crippen LogP contribution is 2.11. The van der Waals surface area contributed by atoms with Gasteiger partial charge in [-0.2, -0.15) is 0 Å². The van der Waals surface area contributed by atoms with Crippen LogP contribution in [0.25, 0.3) is 18.7 Å². The highest BCUT2D eigenvalue weighted by molar-refractivity contribution is 5.70. The average molecular weight is 238 g/mol. The van der Waals surface area contributed by atoms with Crippen LogP contribution in [0.4, 0.5) is 0 Å². The highest BCUT2D eigenvalue weighted by atomic mass is 16.1. The third-order valence-electron chi connectivity index (χ3n) is 2.59. The lowest BCUT2D eigenvalue weighted by atomic mass is 10.2. The van der Waals surface area contributed by atoms with Gasteiger partial charge in [0, 0.05) is 5.57 Å². The molecule has 1 N–H and O–H groups in total. The Morgan fingerprint density at radius 3 is 2.72 bits per heavy atom. The largest absolute Gasteiger partial charge is 0.306 e. The van der Waals surface area contributed by atoms with Crippen molar-refractivity contribution in [2.45, 2.75) is 6.42 Å². The molecule has 90 valence electrons. The molecule has 0 atom stereocenters. The van der Waals surface area contributed by atoms with Crippen LogP contribution < -0.4 is 16.1 Å². The molecule has 0 aromatic carbocycles. The van der Waals surface area contributed by atoms with Crippen molar-refractivity contribution in [3.63, 3.8) is 0 Å². The summed E-state index contributed by atoms with van der Waals surface area (Å²) >= 11 is 0. The summed E-state index contributed by atoms with van der Waals surface area (Å²) in [6.45, 7) is 7.35. The van der Waals surface area contributed by atoms with Crippen LogP contribution in [0.3, 0.4) is 0 Å². The number of H-pyrrole nitrogens is 1. The van der Waals surface area contributed by atoms with Crippen LogP contribution in [-0.4, -0.2) is 9.97 Å². The van der Waals surface area contributed by atoms with E-state index in [9.17, 15) is 4.79 Å². The van der Waals surface area contributed by atoms with Crippen LogP contribution in [0.5, 0.6) is 0 Å². The van der Waals surface area contributed by atoms with Crippen molar-refractivity contribution in [2.24, 2.45) is 0 Å². The van der Waals surface area contributed by atoms with Gasteiger partial charge in [0.15, 0.2) is 0 Å². The van der Waals surface area contributed by atoms with Gasteiger partial charge in [0.05, 0.1) is 10.6 Å².